The Balaban J connectivity index is 1.76. The standard InChI is InChI=1S/C14H11BrN4OS/c1-9-12(19-6-7-21-14(19)17-9)13(20)18-16-8-10-2-4-11(15)5-3-10/h2-8H,1H3,(H,18,20)/b16-8-. The average molecular weight is 363 g/mol. The van der Waals surface area contributed by atoms with E-state index in [1.54, 1.807) is 10.6 Å². The Labute approximate surface area is 133 Å². The van der Waals surface area contributed by atoms with Gasteiger partial charge >= 0.3 is 0 Å². The fourth-order valence-corrected chi connectivity index (χ4v) is 2.96. The van der Waals surface area contributed by atoms with Crippen molar-refractivity contribution in [2.75, 3.05) is 0 Å². The molecule has 5 nitrogen and oxygen atoms in total. The molecule has 1 amide bonds. The third-order valence-corrected chi connectivity index (χ3v) is 4.19. The predicted octanol–water partition coefficient (Wildman–Crippen LogP) is 3.23. The van der Waals surface area contributed by atoms with Crippen molar-refractivity contribution in [3.63, 3.8) is 0 Å². The van der Waals surface area contributed by atoms with Crippen molar-refractivity contribution in [1.82, 2.24) is 14.8 Å². The Hall–Kier alpha value is -1.99. The monoisotopic (exact) mass is 362 g/mol. The average Bonchev–Trinajstić information content (AvgIpc) is 3.00. The van der Waals surface area contributed by atoms with Gasteiger partial charge in [0.15, 0.2) is 4.96 Å². The van der Waals surface area contributed by atoms with E-state index >= 15 is 0 Å². The summed E-state index contributed by atoms with van der Waals surface area (Å²) in [5, 5.41) is 5.87. The van der Waals surface area contributed by atoms with Crippen LogP contribution in [0.5, 0.6) is 0 Å². The lowest BCUT2D eigenvalue weighted by atomic mass is 10.2. The maximum absolute atomic E-state index is 12.2. The number of aromatic nitrogens is 2. The van der Waals surface area contributed by atoms with Gasteiger partial charge in [0.05, 0.1) is 11.9 Å². The molecule has 3 aromatic rings. The zero-order chi connectivity index (χ0) is 14.8. The predicted molar refractivity (Wildman–Crippen MR) is 87.0 cm³/mol. The molecule has 0 aliphatic carbocycles. The van der Waals surface area contributed by atoms with Crippen LogP contribution in [0, 0.1) is 6.92 Å². The number of carbonyl (C=O) groups excluding carboxylic acids is 1. The highest BCUT2D eigenvalue weighted by Gasteiger charge is 2.16. The van der Waals surface area contributed by atoms with Crippen molar-refractivity contribution in [3.8, 4) is 0 Å². The van der Waals surface area contributed by atoms with Gasteiger partial charge in [0.2, 0.25) is 0 Å². The number of hydrogen-bond donors (Lipinski definition) is 1. The molecule has 1 N–H and O–H groups in total. The minimum absolute atomic E-state index is 0.272. The summed E-state index contributed by atoms with van der Waals surface area (Å²) in [7, 11) is 0. The molecule has 0 aliphatic rings. The Morgan fingerprint density at radius 3 is 2.95 bits per heavy atom. The number of hydrogen-bond acceptors (Lipinski definition) is 4. The molecular formula is C14H11BrN4OS. The van der Waals surface area contributed by atoms with E-state index in [2.05, 4.69) is 31.4 Å². The Morgan fingerprint density at radius 1 is 1.43 bits per heavy atom. The van der Waals surface area contributed by atoms with Gasteiger partial charge in [-0.3, -0.25) is 9.20 Å². The van der Waals surface area contributed by atoms with Crippen LogP contribution in [0.3, 0.4) is 0 Å². The summed E-state index contributed by atoms with van der Waals surface area (Å²) in [6.45, 7) is 1.81. The maximum Gasteiger partial charge on any atom is 0.290 e. The maximum atomic E-state index is 12.2. The Bertz CT molecular complexity index is 819. The van der Waals surface area contributed by atoms with Gasteiger partial charge in [-0.1, -0.05) is 28.1 Å². The number of thiazole rings is 1. The number of hydrazone groups is 1. The van der Waals surface area contributed by atoms with Crippen LogP contribution in [-0.4, -0.2) is 21.5 Å². The van der Waals surface area contributed by atoms with E-state index in [0.717, 1.165) is 15.0 Å². The molecule has 2 heterocycles. The molecule has 0 fully saturated rings. The molecule has 2 aromatic heterocycles. The highest BCUT2D eigenvalue weighted by atomic mass is 79.9. The highest BCUT2D eigenvalue weighted by molar-refractivity contribution is 9.10. The van der Waals surface area contributed by atoms with E-state index < -0.39 is 0 Å². The molecule has 0 saturated carbocycles. The van der Waals surface area contributed by atoms with E-state index in [9.17, 15) is 4.79 Å². The van der Waals surface area contributed by atoms with Crippen LogP contribution in [0.1, 0.15) is 21.7 Å². The molecule has 7 heteroatoms. The van der Waals surface area contributed by atoms with E-state index in [1.807, 2.05) is 42.8 Å². The second-order valence-electron chi connectivity index (χ2n) is 4.35. The number of fused-ring (bicyclic) bond motifs is 1. The summed E-state index contributed by atoms with van der Waals surface area (Å²) < 4.78 is 2.77. The minimum Gasteiger partial charge on any atom is -0.286 e. The van der Waals surface area contributed by atoms with Crippen LogP contribution in [0.15, 0.2) is 45.4 Å². The summed E-state index contributed by atoms with van der Waals surface area (Å²) in [4.78, 5) is 17.3. The van der Waals surface area contributed by atoms with E-state index in [0.29, 0.717) is 11.4 Å². The van der Waals surface area contributed by atoms with Gasteiger partial charge in [0.1, 0.15) is 5.69 Å². The molecule has 0 unspecified atom stereocenters. The summed E-state index contributed by atoms with van der Waals surface area (Å²) in [6.07, 6.45) is 3.43. The van der Waals surface area contributed by atoms with Crippen molar-refractivity contribution in [2.24, 2.45) is 5.10 Å². The Morgan fingerprint density at radius 2 is 2.19 bits per heavy atom. The van der Waals surface area contributed by atoms with Gasteiger partial charge in [0.25, 0.3) is 5.91 Å². The lowest BCUT2D eigenvalue weighted by molar-refractivity contribution is 0.0948. The quantitative estimate of drug-likeness (QED) is 0.574. The first-order valence-electron chi connectivity index (χ1n) is 6.16. The largest absolute Gasteiger partial charge is 0.290 e. The molecule has 3 rings (SSSR count). The number of imidazole rings is 1. The fraction of sp³-hybridized carbons (Fsp3) is 0.0714. The zero-order valence-electron chi connectivity index (χ0n) is 11.1. The van der Waals surface area contributed by atoms with Crippen molar-refractivity contribution in [1.29, 1.82) is 0 Å². The van der Waals surface area contributed by atoms with Crippen LogP contribution in [-0.2, 0) is 0 Å². The molecular weight excluding hydrogens is 352 g/mol. The van der Waals surface area contributed by atoms with E-state index in [1.165, 1.54) is 11.3 Å². The number of benzene rings is 1. The zero-order valence-corrected chi connectivity index (χ0v) is 13.5. The molecule has 1 aromatic carbocycles. The van der Waals surface area contributed by atoms with Crippen molar-refractivity contribution in [2.45, 2.75) is 6.92 Å². The van der Waals surface area contributed by atoms with Gasteiger partial charge < -0.3 is 0 Å². The van der Waals surface area contributed by atoms with Crippen molar-refractivity contribution < 1.29 is 4.79 Å². The molecule has 106 valence electrons. The SMILES string of the molecule is Cc1nc2sccn2c1C(=O)N/N=C\c1ccc(Br)cc1. The lowest BCUT2D eigenvalue weighted by Gasteiger charge is -1.99. The van der Waals surface area contributed by atoms with Crippen LogP contribution >= 0.6 is 27.3 Å². The Kier molecular flexibility index (Phi) is 3.85. The number of nitrogens with one attached hydrogen (secondary N) is 1. The van der Waals surface area contributed by atoms with E-state index in [-0.39, 0.29) is 5.91 Å². The summed E-state index contributed by atoms with van der Waals surface area (Å²) >= 11 is 4.86. The topological polar surface area (TPSA) is 58.8 Å². The molecule has 0 aliphatic heterocycles. The van der Waals surface area contributed by atoms with Crippen LogP contribution in [0.2, 0.25) is 0 Å². The lowest BCUT2D eigenvalue weighted by Crippen LogP contribution is -2.20. The number of aryl methyl sites for hydroxylation is 1. The second kappa shape index (κ2) is 5.79. The summed E-state index contributed by atoms with van der Waals surface area (Å²) in [5.74, 6) is -0.272. The molecule has 0 atom stereocenters. The van der Waals surface area contributed by atoms with Crippen LogP contribution in [0.25, 0.3) is 4.96 Å². The number of amides is 1. The fourth-order valence-electron chi connectivity index (χ4n) is 1.93. The summed E-state index contributed by atoms with van der Waals surface area (Å²) in [6, 6.07) is 7.64. The normalized spacial score (nSPS) is 11.3. The van der Waals surface area contributed by atoms with Crippen molar-refractivity contribution in [3.05, 3.63) is 57.3 Å². The summed E-state index contributed by atoms with van der Waals surface area (Å²) in [5.41, 5.74) is 4.65. The third kappa shape index (κ3) is 2.88. The van der Waals surface area contributed by atoms with Gasteiger partial charge in [-0.2, -0.15) is 5.10 Å². The molecule has 0 bridgehead atoms. The smallest absolute Gasteiger partial charge is 0.286 e. The van der Waals surface area contributed by atoms with Gasteiger partial charge in [-0.05, 0) is 24.6 Å². The van der Waals surface area contributed by atoms with Gasteiger partial charge in [0, 0.05) is 16.0 Å². The first-order chi connectivity index (χ1) is 10.1. The highest BCUT2D eigenvalue weighted by Crippen LogP contribution is 2.16. The number of carbonyl (C=O) groups is 1. The van der Waals surface area contributed by atoms with Gasteiger partial charge in [-0.15, -0.1) is 11.3 Å². The third-order valence-electron chi connectivity index (χ3n) is 2.90. The molecule has 0 saturated heterocycles. The van der Waals surface area contributed by atoms with Crippen LogP contribution < -0.4 is 5.43 Å². The number of halogens is 1. The molecule has 21 heavy (non-hydrogen) atoms. The van der Waals surface area contributed by atoms with Crippen molar-refractivity contribution >= 4 is 44.3 Å². The first-order valence-corrected chi connectivity index (χ1v) is 7.83. The molecule has 0 radical (unpaired) electrons. The first kappa shape index (κ1) is 14.0. The van der Waals surface area contributed by atoms with Crippen LogP contribution in [0.4, 0.5) is 0 Å². The number of rotatable bonds is 3. The molecule has 0 spiro atoms. The van der Waals surface area contributed by atoms with Gasteiger partial charge in [-0.25, -0.2) is 10.4 Å². The van der Waals surface area contributed by atoms with E-state index in [4.69, 9.17) is 0 Å². The second-order valence-corrected chi connectivity index (χ2v) is 6.14. The number of nitrogens with zero attached hydrogens (tertiary/aromatic N) is 3. The minimum atomic E-state index is -0.272.